The molecule has 3 N–H and O–H groups in total. The van der Waals surface area contributed by atoms with Crippen molar-refractivity contribution < 1.29 is 22.7 Å². The van der Waals surface area contributed by atoms with Crippen molar-refractivity contribution in [3.8, 4) is 5.75 Å². The highest BCUT2D eigenvalue weighted by Crippen LogP contribution is 2.17. The van der Waals surface area contributed by atoms with Gasteiger partial charge in [0, 0.05) is 18.5 Å². The van der Waals surface area contributed by atoms with Crippen molar-refractivity contribution in [3.63, 3.8) is 0 Å². The average Bonchev–Trinajstić information content (AvgIpc) is 2.67. The van der Waals surface area contributed by atoms with Gasteiger partial charge in [0.2, 0.25) is 15.9 Å². The van der Waals surface area contributed by atoms with Crippen LogP contribution in [0.1, 0.15) is 37.6 Å². The van der Waals surface area contributed by atoms with Crippen LogP contribution in [0.15, 0.2) is 53.4 Å². The van der Waals surface area contributed by atoms with Crippen molar-refractivity contribution in [2.75, 3.05) is 19.0 Å². The van der Waals surface area contributed by atoms with E-state index in [1.54, 1.807) is 36.4 Å². The number of methoxy groups -OCH3 is 1. The summed E-state index contributed by atoms with van der Waals surface area (Å²) in [6.45, 7) is 5.50. The van der Waals surface area contributed by atoms with Gasteiger partial charge in [0.15, 0.2) is 0 Å². The summed E-state index contributed by atoms with van der Waals surface area (Å²) in [6, 6.07) is 12.6. The molecule has 30 heavy (non-hydrogen) atoms. The smallest absolute Gasteiger partial charge is 0.253 e. The van der Waals surface area contributed by atoms with Crippen LogP contribution in [-0.2, 0) is 14.8 Å². The van der Waals surface area contributed by atoms with E-state index in [9.17, 15) is 18.0 Å². The Labute approximate surface area is 177 Å². The van der Waals surface area contributed by atoms with Crippen molar-refractivity contribution in [2.45, 2.75) is 37.6 Å². The minimum atomic E-state index is -3.75. The van der Waals surface area contributed by atoms with Crippen LogP contribution in [0.5, 0.6) is 5.75 Å². The van der Waals surface area contributed by atoms with E-state index in [-0.39, 0.29) is 23.8 Å². The lowest BCUT2D eigenvalue weighted by Gasteiger charge is -2.21. The predicted octanol–water partition coefficient (Wildman–Crippen LogP) is 2.53. The summed E-state index contributed by atoms with van der Waals surface area (Å²) in [6.07, 6.45) is -0.0926. The van der Waals surface area contributed by atoms with E-state index in [2.05, 4.69) is 15.4 Å². The third-order valence-corrected chi connectivity index (χ3v) is 5.43. The van der Waals surface area contributed by atoms with Gasteiger partial charge in [-0.3, -0.25) is 9.59 Å². The zero-order valence-corrected chi connectivity index (χ0v) is 18.3. The van der Waals surface area contributed by atoms with Crippen molar-refractivity contribution in [2.24, 2.45) is 0 Å². The van der Waals surface area contributed by atoms with E-state index in [0.29, 0.717) is 17.0 Å². The van der Waals surface area contributed by atoms with Gasteiger partial charge in [-0.2, -0.15) is 0 Å². The summed E-state index contributed by atoms with van der Waals surface area (Å²) < 4.78 is 32.0. The van der Waals surface area contributed by atoms with E-state index in [4.69, 9.17) is 4.74 Å². The highest BCUT2D eigenvalue weighted by Gasteiger charge is 2.19. The summed E-state index contributed by atoms with van der Waals surface area (Å²) in [5, 5.41) is 5.51. The predicted molar refractivity (Wildman–Crippen MR) is 115 cm³/mol. The number of carbonyl (C=O) groups excluding carboxylic acids is 2. The fraction of sp³-hybridized carbons (Fsp3) is 0.333. The maximum Gasteiger partial charge on any atom is 0.253 e. The molecule has 9 heteroatoms. The molecule has 2 aromatic rings. The molecule has 0 bridgehead atoms. The largest absolute Gasteiger partial charge is 0.497 e. The van der Waals surface area contributed by atoms with Gasteiger partial charge in [0.05, 0.1) is 23.3 Å². The third kappa shape index (κ3) is 6.85. The Morgan fingerprint density at radius 1 is 1.00 bits per heavy atom. The molecule has 2 aromatic carbocycles. The quantitative estimate of drug-likeness (QED) is 0.592. The molecule has 0 saturated carbocycles. The topological polar surface area (TPSA) is 114 Å². The molecule has 0 atom stereocenters. The number of nitrogens with one attached hydrogen (secondary N) is 3. The molecule has 0 heterocycles. The fourth-order valence-corrected chi connectivity index (χ4v) is 3.58. The second kappa shape index (κ2) is 9.73. The molecule has 0 unspecified atom stereocenters. The molecule has 0 aliphatic heterocycles. The summed E-state index contributed by atoms with van der Waals surface area (Å²) >= 11 is 0. The van der Waals surface area contributed by atoms with Crippen molar-refractivity contribution in [1.29, 1.82) is 0 Å². The second-order valence-corrected chi connectivity index (χ2v) is 9.39. The van der Waals surface area contributed by atoms with E-state index in [1.807, 2.05) is 20.8 Å². The molecule has 2 amide bonds. The average molecular weight is 434 g/mol. The van der Waals surface area contributed by atoms with E-state index < -0.39 is 21.5 Å². The molecule has 162 valence electrons. The van der Waals surface area contributed by atoms with Crippen molar-refractivity contribution in [3.05, 3.63) is 54.1 Å². The molecule has 0 aromatic heterocycles. The number of rotatable bonds is 8. The van der Waals surface area contributed by atoms with Crippen LogP contribution in [0.25, 0.3) is 0 Å². The normalized spacial score (nSPS) is 11.6. The van der Waals surface area contributed by atoms with Gasteiger partial charge in [-0.25, -0.2) is 13.1 Å². The second-order valence-electron chi connectivity index (χ2n) is 7.62. The van der Waals surface area contributed by atoms with Gasteiger partial charge in [-0.1, -0.05) is 12.1 Å². The number of ether oxygens (including phenoxy) is 1. The van der Waals surface area contributed by atoms with Gasteiger partial charge in [-0.05, 0) is 57.2 Å². The van der Waals surface area contributed by atoms with Crippen LogP contribution >= 0.6 is 0 Å². The van der Waals surface area contributed by atoms with Gasteiger partial charge in [0.25, 0.3) is 5.91 Å². The monoisotopic (exact) mass is 433 g/mol. The van der Waals surface area contributed by atoms with Crippen LogP contribution < -0.4 is 20.1 Å². The summed E-state index contributed by atoms with van der Waals surface area (Å²) in [5.74, 6) is -0.176. The molecule has 0 radical (unpaired) electrons. The molecular formula is C21H27N3O5S. The Bertz CT molecular complexity index is 996. The van der Waals surface area contributed by atoms with Crippen LogP contribution in [0, 0.1) is 0 Å². The Hall–Kier alpha value is -2.91. The first-order valence-corrected chi connectivity index (χ1v) is 10.9. The van der Waals surface area contributed by atoms with Gasteiger partial charge in [0.1, 0.15) is 5.75 Å². The minimum absolute atomic E-state index is 0.0768. The van der Waals surface area contributed by atoms with Crippen LogP contribution in [0.4, 0.5) is 5.69 Å². The lowest BCUT2D eigenvalue weighted by Crippen LogP contribution is -2.40. The Balaban J connectivity index is 1.96. The summed E-state index contributed by atoms with van der Waals surface area (Å²) in [5.41, 5.74) is 0.273. The van der Waals surface area contributed by atoms with E-state index in [1.165, 1.54) is 19.2 Å². The number of hydrogen-bond donors (Lipinski definition) is 3. The lowest BCUT2D eigenvalue weighted by molar-refractivity contribution is -0.116. The van der Waals surface area contributed by atoms with Gasteiger partial charge in [-0.15, -0.1) is 0 Å². The first-order valence-electron chi connectivity index (χ1n) is 9.37. The summed E-state index contributed by atoms with van der Waals surface area (Å²) in [4.78, 5) is 24.8. The number of carbonyl (C=O) groups is 2. The maximum absolute atomic E-state index is 12.4. The number of anilines is 1. The zero-order valence-electron chi connectivity index (χ0n) is 17.5. The first kappa shape index (κ1) is 23.4. The number of benzene rings is 2. The Morgan fingerprint density at radius 2 is 1.63 bits per heavy atom. The standard InChI is InChI=1S/C21H27N3O5S/c1-21(2,3)24-20(26)17-7-5-6-8-18(17)23-19(25)13-14-22-30(27,28)16-11-9-15(29-4)10-12-16/h5-12,22H,13-14H2,1-4H3,(H,23,25)(H,24,26). The van der Waals surface area contributed by atoms with Crippen LogP contribution in [0.3, 0.4) is 0 Å². The number of hydrogen-bond acceptors (Lipinski definition) is 5. The molecule has 0 aliphatic carbocycles. The first-order chi connectivity index (χ1) is 14.0. The Morgan fingerprint density at radius 3 is 2.23 bits per heavy atom. The van der Waals surface area contributed by atoms with Gasteiger partial charge < -0.3 is 15.4 Å². The molecule has 2 rings (SSSR count). The molecule has 0 spiro atoms. The molecule has 0 fully saturated rings. The molecule has 0 saturated heterocycles. The third-order valence-electron chi connectivity index (χ3n) is 3.95. The fourth-order valence-electron chi connectivity index (χ4n) is 2.55. The highest BCUT2D eigenvalue weighted by molar-refractivity contribution is 7.89. The van der Waals surface area contributed by atoms with Crippen molar-refractivity contribution >= 4 is 27.5 Å². The van der Waals surface area contributed by atoms with Crippen LogP contribution in [-0.4, -0.2) is 39.4 Å². The lowest BCUT2D eigenvalue weighted by atomic mass is 10.1. The Kier molecular flexibility index (Phi) is 7.58. The SMILES string of the molecule is COc1ccc(S(=O)(=O)NCCC(=O)Nc2ccccc2C(=O)NC(C)(C)C)cc1. The van der Waals surface area contributed by atoms with Gasteiger partial charge >= 0.3 is 0 Å². The van der Waals surface area contributed by atoms with Crippen molar-refractivity contribution in [1.82, 2.24) is 10.0 Å². The minimum Gasteiger partial charge on any atom is -0.497 e. The molecule has 0 aliphatic rings. The molecule has 8 nitrogen and oxygen atoms in total. The highest BCUT2D eigenvalue weighted by atomic mass is 32.2. The number of sulfonamides is 1. The zero-order chi connectivity index (χ0) is 22.4. The number of para-hydroxylation sites is 1. The summed E-state index contributed by atoms with van der Waals surface area (Å²) in [7, 11) is -2.25. The maximum atomic E-state index is 12.4. The number of amides is 2. The van der Waals surface area contributed by atoms with E-state index >= 15 is 0 Å². The van der Waals surface area contributed by atoms with Crippen LogP contribution in [0.2, 0.25) is 0 Å². The van der Waals surface area contributed by atoms with E-state index in [0.717, 1.165) is 0 Å². The molecular weight excluding hydrogens is 406 g/mol.